The fourth-order valence-electron chi connectivity index (χ4n) is 4.58. The predicted octanol–water partition coefficient (Wildman–Crippen LogP) is 8.52. The molecular weight excluding hydrogens is 558 g/mol. The molecule has 4 rings (SSSR count). The number of rotatable bonds is 14. The van der Waals surface area contributed by atoms with Crippen molar-refractivity contribution in [1.82, 2.24) is 9.97 Å². The number of benzene rings is 3. The Morgan fingerprint density at radius 3 is 2.14 bits per heavy atom. The second-order valence-electron chi connectivity index (χ2n) is 10.1. The third-order valence-corrected chi connectivity index (χ3v) is 6.81. The summed E-state index contributed by atoms with van der Waals surface area (Å²) in [6.45, 7) is 1.00. The molecule has 0 aliphatic heterocycles. The molecule has 0 aliphatic carbocycles. The molecule has 0 saturated carbocycles. The maximum atomic E-state index is 15.3. The van der Waals surface area contributed by atoms with Crippen LogP contribution < -0.4 is 9.47 Å². The van der Waals surface area contributed by atoms with Crippen molar-refractivity contribution in [2.75, 3.05) is 13.2 Å². The number of nitrogens with zero attached hydrogens (tertiary/aromatic N) is 2. The van der Waals surface area contributed by atoms with E-state index in [0.29, 0.717) is 47.4 Å². The summed E-state index contributed by atoms with van der Waals surface area (Å²) in [6.07, 6.45) is 4.63. The highest BCUT2D eigenvalue weighted by Gasteiger charge is 2.30. The molecule has 0 unspecified atom stereocenters. The Hall–Kier alpha value is -3.82. The third-order valence-electron chi connectivity index (χ3n) is 6.81. The number of unbranched alkanes of at least 4 members (excludes halogenated alkanes) is 3. The highest BCUT2D eigenvalue weighted by Crippen LogP contribution is 2.28. The minimum atomic E-state index is -4.73. The van der Waals surface area contributed by atoms with Crippen molar-refractivity contribution in [3.05, 3.63) is 94.8 Å². The molecule has 4 nitrogen and oxygen atoms in total. The number of aromatic nitrogens is 2. The van der Waals surface area contributed by atoms with E-state index in [4.69, 9.17) is 4.74 Å². The average Bonchev–Trinajstić information content (AvgIpc) is 2.95. The van der Waals surface area contributed by atoms with E-state index >= 15 is 4.39 Å². The lowest BCUT2D eigenvalue weighted by Crippen LogP contribution is -2.20. The molecule has 224 valence electrons. The van der Waals surface area contributed by atoms with Crippen LogP contribution in [0.25, 0.3) is 10.8 Å². The Labute approximate surface area is 240 Å². The topological polar surface area (TPSA) is 44.2 Å². The van der Waals surface area contributed by atoms with E-state index in [1.54, 1.807) is 30.6 Å². The zero-order valence-electron chi connectivity index (χ0n) is 23.2. The average molecular weight is 591 g/mol. The first-order valence-corrected chi connectivity index (χ1v) is 13.9. The Bertz CT molecular complexity index is 1450. The maximum absolute atomic E-state index is 15.3. The summed E-state index contributed by atoms with van der Waals surface area (Å²) in [6, 6.07) is 10.7. The van der Waals surface area contributed by atoms with Crippen LogP contribution in [0.1, 0.15) is 55.1 Å². The Kier molecular flexibility index (Phi) is 10.7. The molecule has 0 amide bonds. The Balaban J connectivity index is 1.33. The predicted molar refractivity (Wildman–Crippen MR) is 148 cm³/mol. The van der Waals surface area contributed by atoms with E-state index in [-0.39, 0.29) is 18.4 Å². The second-order valence-corrected chi connectivity index (χ2v) is 10.1. The monoisotopic (exact) mass is 590 g/mol. The van der Waals surface area contributed by atoms with Crippen LogP contribution in [0.5, 0.6) is 11.5 Å². The Morgan fingerprint density at radius 1 is 0.738 bits per heavy atom. The first-order chi connectivity index (χ1) is 20.1. The molecule has 3 aromatic carbocycles. The molecule has 0 bridgehead atoms. The van der Waals surface area contributed by atoms with Gasteiger partial charge >= 0.3 is 6.18 Å². The van der Waals surface area contributed by atoms with E-state index in [1.165, 1.54) is 12.8 Å². The molecule has 1 heterocycles. The first-order valence-electron chi connectivity index (χ1n) is 13.9. The van der Waals surface area contributed by atoms with Crippen LogP contribution in [-0.4, -0.2) is 29.4 Å². The molecule has 1 aromatic heterocycles. The standard InChI is InChI=1S/C32H32F6N2O2/c1-2-3-4-5-14-41-25-18-39-29(40-19-25)13-8-21-7-12-26-24(15-21)11-10-23(30(26)35)9-6-22-16-27(33)31(28(34)17-22)42-20-32(36,37)38/h7,10-12,15-19H,2-6,8-9,13-14,20H2,1H3. The quantitative estimate of drug-likeness (QED) is 0.109. The highest BCUT2D eigenvalue weighted by atomic mass is 19.4. The summed E-state index contributed by atoms with van der Waals surface area (Å²) in [5, 5.41) is 1.13. The van der Waals surface area contributed by atoms with Crippen LogP contribution in [0.2, 0.25) is 0 Å². The minimum absolute atomic E-state index is 0.0799. The number of alkyl halides is 3. The van der Waals surface area contributed by atoms with Crippen LogP contribution in [0.15, 0.2) is 54.9 Å². The van der Waals surface area contributed by atoms with Crippen molar-refractivity contribution in [3.8, 4) is 11.5 Å². The molecule has 0 saturated heterocycles. The van der Waals surface area contributed by atoms with Gasteiger partial charge in [0, 0.05) is 11.8 Å². The van der Waals surface area contributed by atoms with Gasteiger partial charge in [-0.2, -0.15) is 13.2 Å². The molecule has 0 atom stereocenters. The van der Waals surface area contributed by atoms with Gasteiger partial charge in [0.2, 0.25) is 0 Å². The van der Waals surface area contributed by atoms with Gasteiger partial charge in [0.25, 0.3) is 0 Å². The van der Waals surface area contributed by atoms with Crippen LogP contribution >= 0.6 is 0 Å². The van der Waals surface area contributed by atoms with Crippen LogP contribution in [-0.2, 0) is 25.7 Å². The van der Waals surface area contributed by atoms with Gasteiger partial charge in [-0.3, -0.25) is 0 Å². The second kappa shape index (κ2) is 14.4. The van der Waals surface area contributed by atoms with Gasteiger partial charge in [0.15, 0.2) is 29.7 Å². The fraction of sp³-hybridized carbons (Fsp3) is 0.375. The van der Waals surface area contributed by atoms with Crippen LogP contribution in [0.3, 0.4) is 0 Å². The summed E-state index contributed by atoms with van der Waals surface area (Å²) < 4.78 is 90.6. The van der Waals surface area contributed by atoms with Crippen molar-refractivity contribution in [1.29, 1.82) is 0 Å². The van der Waals surface area contributed by atoms with Gasteiger partial charge in [0.05, 0.1) is 19.0 Å². The van der Waals surface area contributed by atoms with E-state index < -0.39 is 36.0 Å². The number of ether oxygens (including phenoxy) is 2. The van der Waals surface area contributed by atoms with Crippen molar-refractivity contribution in [2.24, 2.45) is 0 Å². The van der Waals surface area contributed by atoms with Gasteiger partial charge in [-0.05, 0) is 59.9 Å². The lowest BCUT2D eigenvalue weighted by Gasteiger charge is -2.12. The molecule has 0 radical (unpaired) electrons. The zero-order chi connectivity index (χ0) is 30.1. The summed E-state index contributed by atoms with van der Waals surface area (Å²) in [5.74, 6) is -2.67. The summed E-state index contributed by atoms with van der Waals surface area (Å²) in [5.41, 5.74) is 1.52. The van der Waals surface area contributed by atoms with Crippen molar-refractivity contribution in [3.63, 3.8) is 0 Å². The smallest absolute Gasteiger partial charge is 0.422 e. The lowest BCUT2D eigenvalue weighted by molar-refractivity contribution is -0.154. The minimum Gasteiger partial charge on any atom is -0.490 e. The summed E-state index contributed by atoms with van der Waals surface area (Å²) in [4.78, 5) is 8.76. The Morgan fingerprint density at radius 2 is 1.45 bits per heavy atom. The summed E-state index contributed by atoms with van der Waals surface area (Å²) in [7, 11) is 0. The van der Waals surface area contributed by atoms with Gasteiger partial charge in [0.1, 0.15) is 11.6 Å². The molecule has 0 spiro atoms. The van der Waals surface area contributed by atoms with Crippen LogP contribution in [0.4, 0.5) is 26.3 Å². The number of hydrogen-bond donors (Lipinski definition) is 0. The maximum Gasteiger partial charge on any atom is 0.422 e. The molecule has 4 aromatic rings. The number of halogens is 6. The summed E-state index contributed by atoms with van der Waals surface area (Å²) >= 11 is 0. The largest absolute Gasteiger partial charge is 0.490 e. The van der Waals surface area contributed by atoms with Crippen molar-refractivity contribution < 1.29 is 35.8 Å². The molecule has 0 fully saturated rings. The van der Waals surface area contributed by atoms with E-state index in [9.17, 15) is 22.0 Å². The van der Waals surface area contributed by atoms with Gasteiger partial charge in [-0.15, -0.1) is 0 Å². The third kappa shape index (κ3) is 8.84. The van der Waals surface area contributed by atoms with Crippen molar-refractivity contribution in [2.45, 2.75) is 64.5 Å². The number of hydrogen-bond acceptors (Lipinski definition) is 4. The van der Waals surface area contributed by atoms with Crippen LogP contribution in [0, 0.1) is 17.5 Å². The van der Waals surface area contributed by atoms with Crippen molar-refractivity contribution >= 4 is 10.8 Å². The molecular formula is C32H32F6N2O2. The molecule has 0 N–H and O–H groups in total. The fourth-order valence-corrected chi connectivity index (χ4v) is 4.58. The van der Waals surface area contributed by atoms with E-state index in [2.05, 4.69) is 21.6 Å². The number of fused-ring (bicyclic) bond motifs is 1. The highest BCUT2D eigenvalue weighted by molar-refractivity contribution is 5.84. The van der Waals surface area contributed by atoms with Gasteiger partial charge < -0.3 is 9.47 Å². The molecule has 42 heavy (non-hydrogen) atoms. The van der Waals surface area contributed by atoms with Gasteiger partial charge in [-0.25, -0.2) is 23.1 Å². The van der Waals surface area contributed by atoms with E-state index in [0.717, 1.165) is 30.5 Å². The normalized spacial score (nSPS) is 11.7. The zero-order valence-corrected chi connectivity index (χ0v) is 23.2. The number of aryl methyl sites for hydroxylation is 4. The first kappa shape index (κ1) is 31.1. The van der Waals surface area contributed by atoms with E-state index in [1.807, 2.05) is 12.1 Å². The van der Waals surface area contributed by atoms with Gasteiger partial charge in [-0.1, -0.05) is 56.5 Å². The molecule has 0 aliphatic rings. The molecule has 10 heteroatoms. The SMILES string of the molecule is CCCCCCOc1cnc(CCc2ccc3c(F)c(CCc4cc(F)c(OCC(F)(F)F)c(F)c4)ccc3c2)nc1. The lowest BCUT2D eigenvalue weighted by atomic mass is 9.98.